The lowest BCUT2D eigenvalue weighted by atomic mass is 9.93. The summed E-state index contributed by atoms with van der Waals surface area (Å²) >= 11 is 0. The fraction of sp³-hybridized carbons (Fsp3) is 0.438. The van der Waals surface area contributed by atoms with Crippen LogP contribution in [0.2, 0.25) is 0 Å². The number of imide groups is 1. The Morgan fingerprint density at radius 2 is 1.68 bits per heavy atom. The number of carbonyl (C=O) groups is 6. The maximum atomic E-state index is 13.2. The van der Waals surface area contributed by atoms with Gasteiger partial charge >= 0.3 is 6.16 Å². The van der Waals surface area contributed by atoms with Crippen molar-refractivity contribution in [3.63, 3.8) is 0 Å². The van der Waals surface area contributed by atoms with Crippen molar-refractivity contribution in [2.24, 2.45) is 0 Å². The lowest BCUT2D eigenvalue weighted by molar-refractivity contribution is -0.177. The second kappa shape index (κ2) is 15.2. The summed E-state index contributed by atoms with van der Waals surface area (Å²) in [4.78, 5) is 78.8. The van der Waals surface area contributed by atoms with E-state index < -0.39 is 23.9 Å². The molecule has 2 aromatic carbocycles. The van der Waals surface area contributed by atoms with Gasteiger partial charge in [0.25, 0.3) is 11.8 Å². The molecular formula is C32H37N3O9. The number of nitrogens with one attached hydrogen (secondary N) is 2. The van der Waals surface area contributed by atoms with Gasteiger partial charge in [0, 0.05) is 69.5 Å². The molecule has 1 atom stereocenters. The van der Waals surface area contributed by atoms with Crippen LogP contribution in [-0.4, -0.2) is 67.5 Å². The van der Waals surface area contributed by atoms with E-state index in [0.717, 1.165) is 23.1 Å². The van der Waals surface area contributed by atoms with Gasteiger partial charge in [-0.15, -0.1) is 0 Å². The van der Waals surface area contributed by atoms with Crippen LogP contribution in [0.5, 0.6) is 0 Å². The van der Waals surface area contributed by atoms with Crippen LogP contribution in [0.25, 0.3) is 11.1 Å². The number of methoxy groups -OCH3 is 1. The molecule has 1 aliphatic heterocycles. The molecule has 1 fully saturated rings. The number of hydrogen-bond acceptors (Lipinski definition) is 9. The Hall–Kier alpha value is -4.58. The third-order valence-electron chi connectivity index (χ3n) is 7.42. The molecule has 4 rings (SSSR count). The number of benzene rings is 2. The first-order valence-corrected chi connectivity index (χ1v) is 14.8. The molecule has 234 valence electrons. The van der Waals surface area contributed by atoms with Gasteiger partial charge in [0.15, 0.2) is 5.78 Å². The summed E-state index contributed by atoms with van der Waals surface area (Å²) in [6.07, 6.45) is 1.19. The molecular weight excluding hydrogens is 570 g/mol. The number of Topliss-reactive ketones (excluding diaryl/α,β-unsaturated/α-hetero) is 1. The number of anilines is 1. The van der Waals surface area contributed by atoms with Gasteiger partial charge in [-0.2, -0.15) is 0 Å². The number of hydroxylamine groups is 2. The summed E-state index contributed by atoms with van der Waals surface area (Å²) in [5.74, 6) is -2.18. The van der Waals surface area contributed by atoms with E-state index in [1.54, 1.807) is 31.4 Å². The minimum absolute atomic E-state index is 0.0444. The van der Waals surface area contributed by atoms with Gasteiger partial charge in [0.05, 0.1) is 0 Å². The van der Waals surface area contributed by atoms with E-state index in [1.807, 2.05) is 19.1 Å². The van der Waals surface area contributed by atoms with Crippen LogP contribution in [-0.2, 0) is 33.5 Å². The topological polar surface area (TPSA) is 157 Å². The Morgan fingerprint density at radius 3 is 2.41 bits per heavy atom. The standard InChI is InChI=1S/C32H37N3O9/c1-3-16-33-27(37)10-5-11-28(38)34-20-12-13-22-24(18-20)25(19-43-32(41)44-35-29(39)14-15-30(35)40)21-7-4-8-23(31(21)22)26(36)9-6-17-42-2/h4,7-8,12-13,18,25H,3,5-6,9-11,14-17,19H2,1-2H3,(H,33,37)(H,34,38). The largest absolute Gasteiger partial charge is 0.533 e. The van der Waals surface area contributed by atoms with Gasteiger partial charge in [0.2, 0.25) is 11.8 Å². The molecule has 2 aliphatic rings. The van der Waals surface area contributed by atoms with Gasteiger partial charge in [-0.25, -0.2) is 4.79 Å². The highest BCUT2D eigenvalue weighted by Crippen LogP contribution is 2.48. The van der Waals surface area contributed by atoms with Crippen molar-refractivity contribution in [1.29, 1.82) is 0 Å². The van der Waals surface area contributed by atoms with Gasteiger partial charge in [-0.3, -0.25) is 28.8 Å². The molecule has 0 bridgehead atoms. The molecule has 1 heterocycles. The van der Waals surface area contributed by atoms with Crippen molar-refractivity contribution in [3.8, 4) is 11.1 Å². The molecule has 1 aliphatic carbocycles. The van der Waals surface area contributed by atoms with E-state index in [-0.39, 0.29) is 56.3 Å². The number of fused-ring (bicyclic) bond motifs is 3. The van der Waals surface area contributed by atoms with Crippen molar-refractivity contribution in [2.45, 2.75) is 64.2 Å². The van der Waals surface area contributed by atoms with Gasteiger partial charge < -0.3 is 20.1 Å². The highest BCUT2D eigenvalue weighted by molar-refractivity contribution is 6.05. The Balaban J connectivity index is 1.53. The summed E-state index contributed by atoms with van der Waals surface area (Å²) < 4.78 is 10.5. The van der Waals surface area contributed by atoms with E-state index in [0.29, 0.717) is 47.9 Å². The summed E-state index contributed by atoms with van der Waals surface area (Å²) in [6.45, 7) is 2.80. The van der Waals surface area contributed by atoms with E-state index in [4.69, 9.17) is 14.3 Å². The number of ketones is 1. The second-order valence-electron chi connectivity index (χ2n) is 10.6. The quantitative estimate of drug-likeness (QED) is 0.131. The average molecular weight is 608 g/mol. The van der Waals surface area contributed by atoms with E-state index in [2.05, 4.69) is 10.6 Å². The maximum absolute atomic E-state index is 13.2. The van der Waals surface area contributed by atoms with Crippen LogP contribution in [0.3, 0.4) is 0 Å². The number of nitrogens with zero attached hydrogens (tertiary/aromatic N) is 1. The molecule has 1 saturated heterocycles. The fourth-order valence-corrected chi connectivity index (χ4v) is 5.30. The first-order chi connectivity index (χ1) is 21.2. The van der Waals surface area contributed by atoms with Crippen molar-refractivity contribution < 1.29 is 43.1 Å². The number of ether oxygens (including phenoxy) is 2. The van der Waals surface area contributed by atoms with E-state index >= 15 is 0 Å². The normalized spacial score (nSPS) is 15.0. The monoisotopic (exact) mass is 607 g/mol. The smallest absolute Gasteiger partial charge is 0.432 e. The van der Waals surface area contributed by atoms with Crippen LogP contribution >= 0.6 is 0 Å². The minimum atomic E-state index is -1.21. The van der Waals surface area contributed by atoms with Crippen LogP contribution in [0, 0.1) is 0 Å². The molecule has 12 nitrogen and oxygen atoms in total. The van der Waals surface area contributed by atoms with E-state index in [1.165, 1.54) is 0 Å². The lowest BCUT2D eigenvalue weighted by Crippen LogP contribution is -2.32. The van der Waals surface area contributed by atoms with Crippen LogP contribution in [0.15, 0.2) is 36.4 Å². The zero-order valence-corrected chi connectivity index (χ0v) is 24.9. The highest BCUT2D eigenvalue weighted by atomic mass is 16.8. The molecule has 0 spiro atoms. The zero-order valence-electron chi connectivity index (χ0n) is 24.9. The van der Waals surface area contributed by atoms with Gasteiger partial charge in [-0.05, 0) is 53.6 Å². The van der Waals surface area contributed by atoms with Crippen LogP contribution in [0.1, 0.15) is 85.7 Å². The molecule has 44 heavy (non-hydrogen) atoms. The molecule has 12 heteroatoms. The fourth-order valence-electron chi connectivity index (χ4n) is 5.30. The average Bonchev–Trinajstić information content (AvgIpc) is 3.49. The van der Waals surface area contributed by atoms with Crippen molar-refractivity contribution in [3.05, 3.63) is 53.1 Å². The number of hydrogen-bond donors (Lipinski definition) is 2. The molecule has 2 aromatic rings. The molecule has 0 radical (unpaired) electrons. The van der Waals surface area contributed by atoms with Crippen molar-refractivity contribution in [1.82, 2.24) is 10.4 Å². The Labute approximate surface area is 255 Å². The Morgan fingerprint density at radius 1 is 0.932 bits per heavy atom. The molecule has 0 aromatic heterocycles. The number of carbonyl (C=O) groups excluding carboxylic acids is 6. The van der Waals surface area contributed by atoms with E-state index in [9.17, 15) is 28.8 Å². The van der Waals surface area contributed by atoms with Crippen molar-refractivity contribution >= 4 is 41.3 Å². The maximum Gasteiger partial charge on any atom is 0.533 e. The summed E-state index contributed by atoms with van der Waals surface area (Å²) in [7, 11) is 1.58. The Kier molecular flexibility index (Phi) is 11.2. The van der Waals surface area contributed by atoms with Crippen LogP contribution < -0.4 is 10.6 Å². The molecule has 4 amide bonds. The number of rotatable bonds is 15. The SMILES string of the molecule is CCCNC(=O)CCCC(=O)Nc1ccc2c(c1)C(COC(=O)ON1C(=O)CCC1=O)c1cccc(C(=O)CCCOC)c1-2. The first kappa shape index (κ1) is 32.3. The number of amides is 4. The summed E-state index contributed by atoms with van der Waals surface area (Å²) in [6, 6.07) is 10.7. The first-order valence-electron chi connectivity index (χ1n) is 14.8. The van der Waals surface area contributed by atoms with Gasteiger partial charge in [0.1, 0.15) is 6.61 Å². The second-order valence-corrected chi connectivity index (χ2v) is 10.6. The predicted octanol–water partition coefficient (Wildman–Crippen LogP) is 4.26. The molecule has 0 saturated carbocycles. The predicted molar refractivity (Wildman–Crippen MR) is 158 cm³/mol. The van der Waals surface area contributed by atoms with Crippen molar-refractivity contribution in [2.75, 3.05) is 32.2 Å². The minimum Gasteiger partial charge on any atom is -0.432 e. The van der Waals surface area contributed by atoms with Gasteiger partial charge in [-0.1, -0.05) is 36.3 Å². The molecule has 1 unspecified atom stereocenters. The third kappa shape index (κ3) is 7.87. The zero-order chi connectivity index (χ0) is 31.6. The summed E-state index contributed by atoms with van der Waals surface area (Å²) in [5, 5.41) is 6.07. The van der Waals surface area contributed by atoms with Crippen LogP contribution in [0.4, 0.5) is 10.5 Å². The third-order valence-corrected chi connectivity index (χ3v) is 7.42. The summed E-state index contributed by atoms with van der Waals surface area (Å²) in [5.41, 5.74) is 3.97. The highest BCUT2D eigenvalue weighted by Gasteiger charge is 2.36. The lowest BCUT2D eigenvalue weighted by Gasteiger charge is -2.17. The Bertz CT molecular complexity index is 1420. The molecule has 2 N–H and O–H groups in total.